The first-order chi connectivity index (χ1) is 7.87. The fourth-order valence-electron chi connectivity index (χ4n) is 1.89. The van der Waals surface area contributed by atoms with E-state index < -0.39 is 5.60 Å². The number of likely N-dealkylation sites (tertiary alicyclic amines) is 1. The summed E-state index contributed by atoms with van der Waals surface area (Å²) < 4.78 is 0. The number of aromatic nitrogens is 1. The molecule has 1 N–H and O–H groups in total. The predicted octanol–water partition coefficient (Wildman–Crippen LogP) is 1.99. The molecular formula is C11H12Cl2N2O2. The summed E-state index contributed by atoms with van der Waals surface area (Å²) in [6.07, 6.45) is 0.575. The predicted molar refractivity (Wildman–Crippen MR) is 65.4 cm³/mol. The molecule has 17 heavy (non-hydrogen) atoms. The summed E-state index contributed by atoms with van der Waals surface area (Å²) in [6.45, 7) is 2.57. The van der Waals surface area contributed by atoms with Gasteiger partial charge in [0.15, 0.2) is 0 Å². The van der Waals surface area contributed by atoms with Crippen LogP contribution in [0.2, 0.25) is 10.3 Å². The molecule has 1 aromatic heterocycles. The van der Waals surface area contributed by atoms with Crippen LogP contribution in [0, 0.1) is 0 Å². The van der Waals surface area contributed by atoms with Gasteiger partial charge in [-0.2, -0.15) is 0 Å². The largest absolute Gasteiger partial charge is 0.388 e. The first kappa shape index (κ1) is 12.6. The molecule has 2 heterocycles. The maximum absolute atomic E-state index is 12.1. The summed E-state index contributed by atoms with van der Waals surface area (Å²) >= 11 is 11.5. The van der Waals surface area contributed by atoms with Gasteiger partial charge in [0.25, 0.3) is 5.91 Å². The number of hydrogen-bond acceptors (Lipinski definition) is 3. The maximum Gasteiger partial charge on any atom is 0.254 e. The second-order valence-electron chi connectivity index (χ2n) is 4.47. The molecule has 0 aromatic carbocycles. The van der Waals surface area contributed by atoms with Crippen molar-refractivity contribution in [3.8, 4) is 0 Å². The van der Waals surface area contributed by atoms with Crippen LogP contribution in [-0.4, -0.2) is 39.6 Å². The maximum atomic E-state index is 12.1. The summed E-state index contributed by atoms with van der Waals surface area (Å²) in [4.78, 5) is 17.5. The summed E-state index contributed by atoms with van der Waals surface area (Å²) in [5, 5.41) is 10.2. The Labute approximate surface area is 109 Å². The third-order valence-electron chi connectivity index (χ3n) is 2.75. The number of aliphatic hydroxyl groups is 1. The van der Waals surface area contributed by atoms with Gasteiger partial charge >= 0.3 is 0 Å². The van der Waals surface area contributed by atoms with E-state index in [9.17, 15) is 9.90 Å². The molecular weight excluding hydrogens is 263 g/mol. The number of amides is 1. The lowest BCUT2D eigenvalue weighted by atomic mass is 10.1. The van der Waals surface area contributed by atoms with Crippen molar-refractivity contribution in [1.82, 2.24) is 9.88 Å². The molecule has 1 aromatic rings. The Balaban J connectivity index is 2.20. The van der Waals surface area contributed by atoms with E-state index in [1.165, 1.54) is 12.1 Å². The lowest BCUT2D eigenvalue weighted by Gasteiger charge is -2.19. The zero-order valence-corrected chi connectivity index (χ0v) is 10.8. The molecule has 1 amide bonds. The highest BCUT2D eigenvalue weighted by Crippen LogP contribution is 2.23. The number of nitrogens with zero attached hydrogens (tertiary/aromatic N) is 2. The Bertz CT molecular complexity index is 443. The number of carbonyl (C=O) groups excluding carboxylic acids is 1. The van der Waals surface area contributed by atoms with Crippen LogP contribution in [0.15, 0.2) is 12.1 Å². The van der Waals surface area contributed by atoms with Gasteiger partial charge in [-0.25, -0.2) is 4.98 Å². The molecule has 4 nitrogen and oxygen atoms in total. The average molecular weight is 275 g/mol. The third-order valence-corrected chi connectivity index (χ3v) is 3.14. The molecule has 1 unspecified atom stereocenters. The topological polar surface area (TPSA) is 53.4 Å². The summed E-state index contributed by atoms with van der Waals surface area (Å²) in [7, 11) is 0. The number of carbonyl (C=O) groups is 1. The normalized spacial score (nSPS) is 24.1. The van der Waals surface area contributed by atoms with Gasteiger partial charge in [0, 0.05) is 18.7 Å². The molecule has 0 saturated carbocycles. The van der Waals surface area contributed by atoms with Gasteiger partial charge in [0.2, 0.25) is 0 Å². The quantitative estimate of drug-likeness (QED) is 0.797. The highest BCUT2D eigenvalue weighted by Gasteiger charge is 2.34. The second-order valence-corrected chi connectivity index (χ2v) is 5.25. The van der Waals surface area contributed by atoms with Crippen molar-refractivity contribution in [2.24, 2.45) is 0 Å². The van der Waals surface area contributed by atoms with Crippen molar-refractivity contribution in [1.29, 1.82) is 0 Å². The summed E-state index contributed by atoms with van der Waals surface area (Å²) in [5.74, 6) is -0.186. The van der Waals surface area contributed by atoms with E-state index >= 15 is 0 Å². The van der Waals surface area contributed by atoms with E-state index in [2.05, 4.69) is 4.98 Å². The number of hydrogen-bond donors (Lipinski definition) is 1. The van der Waals surface area contributed by atoms with E-state index in [1.807, 2.05) is 0 Å². The lowest BCUT2D eigenvalue weighted by molar-refractivity contribution is 0.0572. The highest BCUT2D eigenvalue weighted by molar-refractivity contribution is 6.33. The molecule has 1 aliphatic rings. The number of pyridine rings is 1. The zero-order valence-electron chi connectivity index (χ0n) is 9.28. The molecule has 1 fully saturated rings. The minimum atomic E-state index is -0.809. The molecule has 2 rings (SSSR count). The van der Waals surface area contributed by atoms with Crippen LogP contribution in [0.5, 0.6) is 0 Å². The standard InChI is InChI=1S/C11H12Cl2N2O2/c1-11(17)2-3-15(6-11)10(16)7-4-8(12)14-9(13)5-7/h4-5,17H,2-3,6H2,1H3. The molecule has 0 aliphatic carbocycles. The molecule has 1 aliphatic heterocycles. The van der Waals surface area contributed by atoms with Crippen LogP contribution in [0.1, 0.15) is 23.7 Å². The highest BCUT2D eigenvalue weighted by atomic mass is 35.5. The fourth-order valence-corrected chi connectivity index (χ4v) is 2.35. The monoisotopic (exact) mass is 274 g/mol. The lowest BCUT2D eigenvalue weighted by Crippen LogP contribution is -2.33. The Kier molecular flexibility index (Phi) is 3.30. The smallest absolute Gasteiger partial charge is 0.254 e. The Morgan fingerprint density at radius 2 is 2.06 bits per heavy atom. The van der Waals surface area contributed by atoms with Gasteiger partial charge in [-0.1, -0.05) is 23.2 Å². The van der Waals surface area contributed by atoms with Gasteiger partial charge in [0.05, 0.1) is 5.60 Å². The van der Waals surface area contributed by atoms with E-state index in [1.54, 1.807) is 11.8 Å². The van der Waals surface area contributed by atoms with E-state index in [0.29, 0.717) is 25.1 Å². The van der Waals surface area contributed by atoms with Gasteiger partial charge in [-0.15, -0.1) is 0 Å². The first-order valence-electron chi connectivity index (χ1n) is 5.22. The average Bonchev–Trinajstić information content (AvgIpc) is 2.56. The Morgan fingerprint density at radius 3 is 2.53 bits per heavy atom. The Hall–Kier alpha value is -0.840. The molecule has 1 atom stereocenters. The number of rotatable bonds is 1. The van der Waals surface area contributed by atoms with E-state index in [0.717, 1.165) is 0 Å². The molecule has 0 spiro atoms. The van der Waals surface area contributed by atoms with Crippen molar-refractivity contribution in [2.75, 3.05) is 13.1 Å². The SMILES string of the molecule is CC1(O)CCN(C(=O)c2cc(Cl)nc(Cl)c2)C1. The minimum absolute atomic E-state index is 0.186. The van der Waals surface area contributed by atoms with Crippen molar-refractivity contribution in [2.45, 2.75) is 18.9 Å². The number of halogens is 2. The minimum Gasteiger partial charge on any atom is -0.388 e. The third kappa shape index (κ3) is 2.89. The number of β-amino-alcohol motifs (C(OH)–C–C–N with tert-alkyl or cyclic N) is 1. The van der Waals surface area contributed by atoms with Crippen LogP contribution < -0.4 is 0 Å². The van der Waals surface area contributed by atoms with Gasteiger partial charge < -0.3 is 10.0 Å². The summed E-state index contributed by atoms with van der Waals surface area (Å²) in [5.41, 5.74) is -0.413. The van der Waals surface area contributed by atoms with E-state index in [-0.39, 0.29) is 16.2 Å². The van der Waals surface area contributed by atoms with Crippen molar-refractivity contribution in [3.05, 3.63) is 28.0 Å². The van der Waals surface area contributed by atoms with Crippen molar-refractivity contribution < 1.29 is 9.90 Å². The van der Waals surface area contributed by atoms with Gasteiger partial charge in [-0.3, -0.25) is 4.79 Å². The fraction of sp³-hybridized carbons (Fsp3) is 0.455. The van der Waals surface area contributed by atoms with Crippen LogP contribution in [0.3, 0.4) is 0 Å². The van der Waals surface area contributed by atoms with Gasteiger partial charge in [0.1, 0.15) is 10.3 Å². The Morgan fingerprint density at radius 1 is 1.47 bits per heavy atom. The second kappa shape index (κ2) is 4.44. The first-order valence-corrected chi connectivity index (χ1v) is 5.98. The van der Waals surface area contributed by atoms with Crippen LogP contribution >= 0.6 is 23.2 Å². The molecule has 6 heteroatoms. The van der Waals surface area contributed by atoms with Crippen molar-refractivity contribution in [3.63, 3.8) is 0 Å². The van der Waals surface area contributed by atoms with Crippen LogP contribution in [0.25, 0.3) is 0 Å². The molecule has 0 radical (unpaired) electrons. The zero-order chi connectivity index (χ0) is 12.6. The summed E-state index contributed by atoms with van der Waals surface area (Å²) in [6, 6.07) is 2.95. The molecule has 0 bridgehead atoms. The van der Waals surface area contributed by atoms with E-state index in [4.69, 9.17) is 23.2 Å². The van der Waals surface area contributed by atoms with Crippen LogP contribution in [-0.2, 0) is 0 Å². The molecule has 1 saturated heterocycles. The molecule has 92 valence electrons. The van der Waals surface area contributed by atoms with Crippen molar-refractivity contribution >= 4 is 29.1 Å². The van der Waals surface area contributed by atoms with Crippen LogP contribution in [0.4, 0.5) is 0 Å². The van der Waals surface area contributed by atoms with Gasteiger partial charge in [-0.05, 0) is 25.5 Å².